The molecule has 0 unspecified atom stereocenters. The van der Waals surface area contributed by atoms with Gasteiger partial charge < -0.3 is 9.64 Å². The van der Waals surface area contributed by atoms with Gasteiger partial charge in [-0.3, -0.25) is 0 Å². The molecule has 1 aromatic rings. The maximum absolute atomic E-state index is 13.5. The molecule has 1 spiro atoms. The lowest BCUT2D eigenvalue weighted by Gasteiger charge is -2.55. The summed E-state index contributed by atoms with van der Waals surface area (Å²) in [5.74, 6) is 0.190. The molecule has 2 aliphatic rings. The van der Waals surface area contributed by atoms with Gasteiger partial charge >= 0.3 is 0 Å². The molecule has 0 saturated carbocycles. The average molecular weight is 273 g/mol. The molecule has 0 aliphatic carbocycles. The summed E-state index contributed by atoms with van der Waals surface area (Å²) >= 11 is 3.19. The molecule has 1 aromatic heterocycles. The zero-order chi connectivity index (χ0) is 10.5. The zero-order valence-electron chi connectivity index (χ0n) is 8.04. The topological polar surface area (TPSA) is 25.4 Å². The van der Waals surface area contributed by atoms with Crippen LogP contribution in [0.25, 0.3) is 0 Å². The highest BCUT2D eigenvalue weighted by molar-refractivity contribution is 9.10. The van der Waals surface area contributed by atoms with E-state index in [1.165, 1.54) is 6.07 Å². The van der Waals surface area contributed by atoms with Crippen molar-refractivity contribution in [3.63, 3.8) is 0 Å². The van der Waals surface area contributed by atoms with Gasteiger partial charge in [0.2, 0.25) is 0 Å². The largest absolute Gasteiger partial charge is 0.380 e. The highest BCUT2D eigenvalue weighted by Gasteiger charge is 2.49. The molecule has 0 amide bonds. The van der Waals surface area contributed by atoms with Crippen LogP contribution < -0.4 is 4.90 Å². The second-order valence-electron chi connectivity index (χ2n) is 4.31. The Balaban J connectivity index is 1.77. The Hall–Kier alpha value is -0.680. The lowest BCUT2D eigenvalue weighted by Crippen LogP contribution is -2.66. The summed E-state index contributed by atoms with van der Waals surface area (Å²) in [6.07, 6.45) is 1.63. The van der Waals surface area contributed by atoms with Crippen molar-refractivity contribution in [2.75, 3.05) is 31.2 Å². The normalized spacial score (nSPS) is 22.4. The van der Waals surface area contributed by atoms with Crippen LogP contribution in [0.2, 0.25) is 0 Å². The number of nitrogens with zero attached hydrogens (tertiary/aromatic N) is 2. The van der Waals surface area contributed by atoms with Crippen LogP contribution >= 0.6 is 15.9 Å². The van der Waals surface area contributed by atoms with Crippen molar-refractivity contribution < 1.29 is 9.13 Å². The van der Waals surface area contributed by atoms with Crippen LogP contribution in [0, 0.1) is 11.2 Å². The molecule has 3 heterocycles. The summed E-state index contributed by atoms with van der Waals surface area (Å²) in [6, 6.07) is 1.45. The Kier molecular flexibility index (Phi) is 2.01. The molecule has 3 nitrogen and oxygen atoms in total. The first-order valence-corrected chi connectivity index (χ1v) is 5.62. The van der Waals surface area contributed by atoms with Crippen LogP contribution in [0.3, 0.4) is 0 Å². The zero-order valence-corrected chi connectivity index (χ0v) is 9.63. The van der Waals surface area contributed by atoms with E-state index in [1.807, 2.05) is 4.90 Å². The molecule has 0 aromatic carbocycles. The number of halogens is 2. The van der Waals surface area contributed by atoms with Gasteiger partial charge in [0.1, 0.15) is 0 Å². The quantitative estimate of drug-likeness (QED) is 0.780. The van der Waals surface area contributed by atoms with E-state index in [0.717, 1.165) is 26.3 Å². The van der Waals surface area contributed by atoms with Crippen molar-refractivity contribution in [3.05, 3.63) is 22.6 Å². The molecule has 15 heavy (non-hydrogen) atoms. The van der Waals surface area contributed by atoms with Crippen LogP contribution in [0.4, 0.5) is 10.2 Å². The van der Waals surface area contributed by atoms with Crippen molar-refractivity contribution in [1.29, 1.82) is 0 Å². The van der Waals surface area contributed by atoms with Gasteiger partial charge in [0.25, 0.3) is 0 Å². The van der Waals surface area contributed by atoms with Crippen molar-refractivity contribution in [2.45, 2.75) is 0 Å². The van der Waals surface area contributed by atoms with Gasteiger partial charge in [0.05, 0.1) is 18.6 Å². The Morgan fingerprint density at radius 2 is 2.20 bits per heavy atom. The first kappa shape index (κ1) is 9.54. The van der Waals surface area contributed by atoms with Crippen molar-refractivity contribution in [2.24, 2.45) is 5.41 Å². The van der Waals surface area contributed by atoms with Gasteiger partial charge in [-0.2, -0.15) is 0 Å². The maximum atomic E-state index is 13.5. The number of pyridine rings is 1. The van der Waals surface area contributed by atoms with E-state index in [0.29, 0.717) is 15.7 Å². The molecule has 0 bridgehead atoms. The van der Waals surface area contributed by atoms with E-state index >= 15 is 0 Å². The second kappa shape index (κ2) is 3.15. The Morgan fingerprint density at radius 3 is 2.73 bits per heavy atom. The predicted octanol–water partition coefficient (Wildman–Crippen LogP) is 1.82. The fraction of sp³-hybridized carbons (Fsp3) is 0.500. The predicted molar refractivity (Wildman–Crippen MR) is 57.4 cm³/mol. The van der Waals surface area contributed by atoms with Gasteiger partial charge in [0.15, 0.2) is 11.6 Å². The molecule has 2 saturated heterocycles. The molecule has 80 valence electrons. The standard InChI is InChI=1S/C10H10BrFN2O/c11-7-1-8(12)9(13-2-7)14-3-10(4-14)5-15-6-10/h1-2H,3-6H2. The number of rotatable bonds is 1. The van der Waals surface area contributed by atoms with E-state index < -0.39 is 0 Å². The monoisotopic (exact) mass is 272 g/mol. The first-order chi connectivity index (χ1) is 7.19. The van der Waals surface area contributed by atoms with E-state index in [-0.39, 0.29) is 5.82 Å². The molecule has 0 radical (unpaired) electrons. The third-order valence-electron chi connectivity index (χ3n) is 2.96. The molecular weight excluding hydrogens is 263 g/mol. The Bertz CT molecular complexity index is 400. The average Bonchev–Trinajstić information content (AvgIpc) is 2.03. The van der Waals surface area contributed by atoms with Crippen molar-refractivity contribution in [3.8, 4) is 0 Å². The van der Waals surface area contributed by atoms with Gasteiger partial charge in [0, 0.05) is 23.8 Å². The maximum Gasteiger partial charge on any atom is 0.166 e. The molecule has 2 aliphatic heterocycles. The van der Waals surface area contributed by atoms with Gasteiger partial charge in [-0.1, -0.05) is 0 Å². The van der Waals surface area contributed by atoms with Crippen LogP contribution in [-0.2, 0) is 4.74 Å². The third kappa shape index (κ3) is 1.45. The summed E-state index contributed by atoms with van der Waals surface area (Å²) in [5, 5.41) is 0. The van der Waals surface area contributed by atoms with E-state index in [9.17, 15) is 4.39 Å². The highest BCUT2D eigenvalue weighted by atomic mass is 79.9. The minimum atomic E-state index is -0.264. The smallest absolute Gasteiger partial charge is 0.166 e. The second-order valence-corrected chi connectivity index (χ2v) is 5.22. The van der Waals surface area contributed by atoms with Crippen LogP contribution in [0.15, 0.2) is 16.7 Å². The fourth-order valence-corrected chi connectivity index (χ4v) is 2.43. The van der Waals surface area contributed by atoms with Crippen molar-refractivity contribution in [1.82, 2.24) is 4.98 Å². The summed E-state index contributed by atoms with van der Waals surface area (Å²) in [4.78, 5) is 6.05. The summed E-state index contributed by atoms with van der Waals surface area (Å²) < 4.78 is 19.4. The molecule has 2 fully saturated rings. The van der Waals surface area contributed by atoms with E-state index in [2.05, 4.69) is 20.9 Å². The Labute approximate surface area is 95.4 Å². The Morgan fingerprint density at radius 1 is 1.47 bits per heavy atom. The first-order valence-electron chi connectivity index (χ1n) is 4.82. The minimum absolute atomic E-state index is 0.264. The SMILES string of the molecule is Fc1cc(Br)cnc1N1CC2(COC2)C1. The number of anilines is 1. The van der Waals surface area contributed by atoms with Crippen molar-refractivity contribution >= 4 is 21.7 Å². The number of hydrogen-bond donors (Lipinski definition) is 0. The number of ether oxygens (including phenoxy) is 1. The summed E-state index contributed by atoms with van der Waals surface area (Å²) in [6.45, 7) is 3.33. The molecule has 0 atom stereocenters. The molecular formula is C10H10BrFN2O. The highest BCUT2D eigenvalue weighted by Crippen LogP contribution is 2.40. The van der Waals surface area contributed by atoms with E-state index in [1.54, 1.807) is 6.20 Å². The minimum Gasteiger partial charge on any atom is -0.380 e. The van der Waals surface area contributed by atoms with Gasteiger partial charge in [-0.25, -0.2) is 9.37 Å². The summed E-state index contributed by atoms with van der Waals surface area (Å²) in [7, 11) is 0. The molecule has 0 N–H and O–H groups in total. The van der Waals surface area contributed by atoms with Gasteiger partial charge in [-0.15, -0.1) is 0 Å². The van der Waals surface area contributed by atoms with Crippen LogP contribution in [-0.4, -0.2) is 31.3 Å². The number of hydrogen-bond acceptors (Lipinski definition) is 3. The number of aromatic nitrogens is 1. The fourth-order valence-electron chi connectivity index (χ4n) is 2.13. The third-order valence-corrected chi connectivity index (χ3v) is 3.39. The molecule has 5 heteroatoms. The molecule has 3 rings (SSSR count). The van der Waals surface area contributed by atoms with Crippen LogP contribution in [0.1, 0.15) is 0 Å². The lowest BCUT2D eigenvalue weighted by atomic mass is 9.78. The lowest BCUT2D eigenvalue weighted by molar-refractivity contribution is -0.127. The van der Waals surface area contributed by atoms with Crippen LogP contribution in [0.5, 0.6) is 0 Å². The van der Waals surface area contributed by atoms with Gasteiger partial charge in [-0.05, 0) is 22.0 Å². The van der Waals surface area contributed by atoms with E-state index in [4.69, 9.17) is 4.74 Å². The summed E-state index contributed by atoms with van der Waals surface area (Å²) in [5.41, 5.74) is 0.293.